The molecule has 2 aromatic rings. The second-order valence-electron chi connectivity index (χ2n) is 4.96. The topological polar surface area (TPSA) is 66.7 Å². The van der Waals surface area contributed by atoms with Crippen molar-refractivity contribution in [2.24, 2.45) is 5.92 Å². The van der Waals surface area contributed by atoms with Gasteiger partial charge in [-0.05, 0) is 25.2 Å². The van der Waals surface area contributed by atoms with Crippen LogP contribution in [0.1, 0.15) is 31.7 Å². The Balaban J connectivity index is 1.86. The zero-order chi connectivity index (χ0) is 12.4. The minimum Gasteiger partial charge on any atom is -0.396 e. The number of aliphatic hydroxyl groups excluding tert-OH is 1. The van der Waals surface area contributed by atoms with E-state index in [0.717, 1.165) is 30.9 Å². The lowest BCUT2D eigenvalue weighted by Crippen LogP contribution is -2.21. The molecule has 0 spiro atoms. The van der Waals surface area contributed by atoms with E-state index in [1.807, 2.05) is 18.6 Å². The third-order valence-corrected chi connectivity index (χ3v) is 3.79. The molecular weight excluding hydrogens is 228 g/mol. The molecule has 3 rings (SSSR count). The van der Waals surface area contributed by atoms with Gasteiger partial charge in [0.2, 0.25) is 0 Å². The van der Waals surface area contributed by atoms with Crippen LogP contribution in [0, 0.1) is 5.92 Å². The van der Waals surface area contributed by atoms with Crippen molar-refractivity contribution in [3.05, 3.63) is 24.8 Å². The Morgan fingerprint density at radius 2 is 2.28 bits per heavy atom. The van der Waals surface area contributed by atoms with Crippen LogP contribution in [-0.4, -0.2) is 31.2 Å². The van der Waals surface area contributed by atoms with E-state index in [-0.39, 0.29) is 0 Å². The predicted octanol–water partition coefficient (Wildman–Crippen LogP) is 2.00. The Labute approximate surface area is 106 Å². The number of hydrogen-bond acceptors (Lipinski definition) is 3. The Morgan fingerprint density at radius 3 is 3.06 bits per heavy atom. The standard InChI is InChI=1S/C13H18N4O/c18-9-10-2-1-3-11(8-10)17-7-6-16-13(17)12-14-4-5-15-12/h4-7,10-11,18H,1-3,8-9H2,(H,14,15)/t10-,11+/m0/s1. The van der Waals surface area contributed by atoms with Crippen molar-refractivity contribution in [2.45, 2.75) is 31.7 Å². The summed E-state index contributed by atoms with van der Waals surface area (Å²) in [6.45, 7) is 0.293. The fraction of sp³-hybridized carbons (Fsp3) is 0.538. The van der Waals surface area contributed by atoms with E-state index in [2.05, 4.69) is 19.5 Å². The molecule has 0 amide bonds. The maximum Gasteiger partial charge on any atom is 0.176 e. The van der Waals surface area contributed by atoms with Crippen LogP contribution >= 0.6 is 0 Å². The second kappa shape index (κ2) is 4.94. The number of aromatic amines is 1. The van der Waals surface area contributed by atoms with Crippen molar-refractivity contribution in [1.82, 2.24) is 19.5 Å². The Morgan fingerprint density at radius 1 is 1.33 bits per heavy atom. The third kappa shape index (κ3) is 2.06. The number of H-pyrrole nitrogens is 1. The van der Waals surface area contributed by atoms with E-state index in [1.165, 1.54) is 6.42 Å². The minimum absolute atomic E-state index is 0.293. The van der Waals surface area contributed by atoms with E-state index in [0.29, 0.717) is 18.6 Å². The SMILES string of the molecule is OC[C@H]1CCC[C@@H](n2ccnc2-c2ncc[nH]2)C1. The molecule has 0 bridgehead atoms. The van der Waals surface area contributed by atoms with E-state index in [4.69, 9.17) is 0 Å². The number of imidazole rings is 2. The molecule has 1 saturated carbocycles. The number of aromatic nitrogens is 4. The lowest BCUT2D eigenvalue weighted by atomic mass is 9.86. The van der Waals surface area contributed by atoms with E-state index < -0.39 is 0 Å². The van der Waals surface area contributed by atoms with Crippen LogP contribution in [-0.2, 0) is 0 Å². The quantitative estimate of drug-likeness (QED) is 0.870. The van der Waals surface area contributed by atoms with Gasteiger partial charge in [-0.3, -0.25) is 0 Å². The average Bonchev–Trinajstić information content (AvgIpc) is 3.09. The zero-order valence-corrected chi connectivity index (χ0v) is 10.3. The van der Waals surface area contributed by atoms with Crippen molar-refractivity contribution < 1.29 is 5.11 Å². The normalized spacial score (nSPS) is 24.3. The summed E-state index contributed by atoms with van der Waals surface area (Å²) in [7, 11) is 0. The first kappa shape index (κ1) is 11.5. The first-order valence-electron chi connectivity index (χ1n) is 6.52. The number of nitrogens with zero attached hydrogens (tertiary/aromatic N) is 3. The van der Waals surface area contributed by atoms with Crippen LogP contribution < -0.4 is 0 Å². The van der Waals surface area contributed by atoms with Gasteiger partial charge in [0.15, 0.2) is 11.6 Å². The van der Waals surface area contributed by atoms with Gasteiger partial charge in [0, 0.05) is 37.4 Å². The number of rotatable bonds is 3. The van der Waals surface area contributed by atoms with Crippen LogP contribution in [0.2, 0.25) is 0 Å². The summed E-state index contributed by atoms with van der Waals surface area (Å²) in [6, 6.07) is 0.429. The average molecular weight is 246 g/mol. The van der Waals surface area contributed by atoms with Gasteiger partial charge in [-0.1, -0.05) is 6.42 Å². The van der Waals surface area contributed by atoms with Crippen LogP contribution in [0.5, 0.6) is 0 Å². The van der Waals surface area contributed by atoms with Crippen LogP contribution in [0.4, 0.5) is 0 Å². The highest BCUT2D eigenvalue weighted by molar-refractivity contribution is 5.43. The molecule has 5 nitrogen and oxygen atoms in total. The predicted molar refractivity (Wildman–Crippen MR) is 67.9 cm³/mol. The lowest BCUT2D eigenvalue weighted by Gasteiger charge is -2.29. The maximum absolute atomic E-state index is 9.32. The van der Waals surface area contributed by atoms with Gasteiger partial charge >= 0.3 is 0 Å². The molecule has 18 heavy (non-hydrogen) atoms. The molecule has 2 heterocycles. The molecule has 0 aliphatic heterocycles. The van der Waals surface area contributed by atoms with Gasteiger partial charge in [0.1, 0.15) is 0 Å². The van der Waals surface area contributed by atoms with Crippen molar-refractivity contribution in [3.63, 3.8) is 0 Å². The van der Waals surface area contributed by atoms with E-state index in [9.17, 15) is 5.11 Å². The van der Waals surface area contributed by atoms with Crippen LogP contribution in [0.15, 0.2) is 24.8 Å². The summed E-state index contributed by atoms with van der Waals surface area (Å²) in [6.07, 6.45) is 11.9. The Bertz CT molecular complexity index is 491. The summed E-state index contributed by atoms with van der Waals surface area (Å²) >= 11 is 0. The number of aliphatic hydroxyl groups is 1. The van der Waals surface area contributed by atoms with Crippen molar-refractivity contribution in [2.75, 3.05) is 6.61 Å². The van der Waals surface area contributed by atoms with Gasteiger partial charge in [-0.25, -0.2) is 9.97 Å². The zero-order valence-electron chi connectivity index (χ0n) is 10.3. The van der Waals surface area contributed by atoms with E-state index >= 15 is 0 Å². The molecule has 0 saturated heterocycles. The first-order valence-corrected chi connectivity index (χ1v) is 6.52. The monoisotopic (exact) mass is 246 g/mol. The van der Waals surface area contributed by atoms with E-state index in [1.54, 1.807) is 6.20 Å². The second-order valence-corrected chi connectivity index (χ2v) is 4.96. The van der Waals surface area contributed by atoms with Crippen LogP contribution in [0.3, 0.4) is 0 Å². The highest BCUT2D eigenvalue weighted by Crippen LogP contribution is 2.34. The maximum atomic E-state index is 9.32. The molecule has 1 fully saturated rings. The third-order valence-electron chi connectivity index (χ3n) is 3.79. The largest absolute Gasteiger partial charge is 0.396 e. The summed E-state index contributed by atoms with van der Waals surface area (Å²) in [5, 5.41) is 9.32. The molecule has 0 radical (unpaired) electrons. The molecule has 96 valence electrons. The fourth-order valence-corrected chi connectivity index (χ4v) is 2.86. The lowest BCUT2D eigenvalue weighted by molar-refractivity contribution is 0.163. The molecule has 5 heteroatoms. The highest BCUT2D eigenvalue weighted by Gasteiger charge is 2.24. The molecule has 1 aliphatic carbocycles. The molecular formula is C13H18N4O. The molecule has 2 aromatic heterocycles. The van der Waals surface area contributed by atoms with Crippen molar-refractivity contribution in [1.29, 1.82) is 0 Å². The number of hydrogen-bond donors (Lipinski definition) is 2. The summed E-state index contributed by atoms with van der Waals surface area (Å²) in [5.41, 5.74) is 0. The number of nitrogens with one attached hydrogen (secondary N) is 1. The van der Waals surface area contributed by atoms with Gasteiger partial charge in [-0.15, -0.1) is 0 Å². The van der Waals surface area contributed by atoms with Gasteiger partial charge in [0.05, 0.1) is 0 Å². The van der Waals surface area contributed by atoms with Gasteiger partial charge < -0.3 is 14.7 Å². The van der Waals surface area contributed by atoms with Gasteiger partial charge in [0.25, 0.3) is 0 Å². The van der Waals surface area contributed by atoms with Crippen molar-refractivity contribution in [3.8, 4) is 11.6 Å². The molecule has 0 unspecified atom stereocenters. The minimum atomic E-state index is 0.293. The molecule has 2 atom stereocenters. The van der Waals surface area contributed by atoms with Crippen molar-refractivity contribution >= 4 is 0 Å². The molecule has 0 aromatic carbocycles. The Hall–Kier alpha value is -1.62. The summed E-state index contributed by atoms with van der Waals surface area (Å²) in [5.74, 6) is 2.13. The highest BCUT2D eigenvalue weighted by atomic mass is 16.3. The Kier molecular flexibility index (Phi) is 3.15. The summed E-state index contributed by atoms with van der Waals surface area (Å²) < 4.78 is 2.20. The smallest absolute Gasteiger partial charge is 0.176 e. The summed E-state index contributed by atoms with van der Waals surface area (Å²) in [4.78, 5) is 11.8. The van der Waals surface area contributed by atoms with Gasteiger partial charge in [-0.2, -0.15) is 0 Å². The first-order chi connectivity index (χ1) is 8.88. The molecule has 1 aliphatic rings. The fourth-order valence-electron chi connectivity index (χ4n) is 2.86. The molecule has 2 N–H and O–H groups in total. The van der Waals surface area contributed by atoms with Crippen LogP contribution in [0.25, 0.3) is 11.6 Å².